The normalized spacial score (nSPS) is 10.6. The van der Waals surface area contributed by atoms with E-state index in [0.29, 0.717) is 38.6 Å². The van der Waals surface area contributed by atoms with Gasteiger partial charge in [0.25, 0.3) is 0 Å². The van der Waals surface area contributed by atoms with Crippen LogP contribution in [-0.2, 0) is 11.3 Å². The molecule has 2 aromatic rings. The molecule has 7 heteroatoms. The standard InChI is InChI=1S/C24H34FN3O3/c1-6-27(7-2)24(29)26(4)21-11-9-19(10-12-21)18-31-23-16-20(25)15-22(17-23)28(8-3)13-14-30-5/h9-12,15-17H,6-8,13-14,18H2,1-5H3. The number of halogens is 1. The van der Waals surface area contributed by atoms with Crippen LogP contribution in [0.1, 0.15) is 26.3 Å². The number of nitrogens with zero attached hydrogens (tertiary/aromatic N) is 3. The van der Waals surface area contributed by atoms with Gasteiger partial charge in [-0.15, -0.1) is 0 Å². The van der Waals surface area contributed by atoms with Crippen LogP contribution in [0.5, 0.6) is 5.75 Å². The van der Waals surface area contributed by atoms with Gasteiger partial charge in [-0.3, -0.25) is 4.90 Å². The van der Waals surface area contributed by atoms with E-state index >= 15 is 0 Å². The maximum Gasteiger partial charge on any atom is 0.324 e. The van der Waals surface area contributed by atoms with E-state index in [2.05, 4.69) is 0 Å². The molecule has 0 aromatic heterocycles. The minimum absolute atomic E-state index is 0.0322. The molecule has 0 spiro atoms. The van der Waals surface area contributed by atoms with E-state index in [1.54, 1.807) is 24.0 Å². The van der Waals surface area contributed by atoms with Crippen LogP contribution in [0.2, 0.25) is 0 Å². The third-order valence-corrected chi connectivity index (χ3v) is 5.22. The predicted octanol–water partition coefficient (Wildman–Crippen LogP) is 4.78. The van der Waals surface area contributed by atoms with Crippen LogP contribution in [0, 0.1) is 5.82 Å². The van der Waals surface area contributed by atoms with E-state index in [-0.39, 0.29) is 11.8 Å². The Hall–Kier alpha value is -2.80. The van der Waals surface area contributed by atoms with Gasteiger partial charge in [0, 0.05) is 63.8 Å². The summed E-state index contributed by atoms with van der Waals surface area (Å²) in [6.45, 7) is 9.58. The molecule has 0 saturated heterocycles. The second-order valence-electron chi connectivity index (χ2n) is 7.19. The van der Waals surface area contributed by atoms with Crippen LogP contribution < -0.4 is 14.5 Å². The second-order valence-corrected chi connectivity index (χ2v) is 7.19. The third kappa shape index (κ3) is 6.85. The number of ether oxygens (including phenoxy) is 2. The molecule has 0 aliphatic heterocycles. The number of likely N-dealkylation sites (N-methyl/N-ethyl adjacent to an activating group) is 1. The van der Waals surface area contributed by atoms with Crippen molar-refractivity contribution in [2.75, 3.05) is 56.7 Å². The number of anilines is 2. The van der Waals surface area contributed by atoms with Gasteiger partial charge < -0.3 is 19.3 Å². The van der Waals surface area contributed by atoms with E-state index in [1.807, 2.05) is 56.0 Å². The Bertz CT molecular complexity index is 825. The van der Waals surface area contributed by atoms with Crippen LogP contribution in [0.15, 0.2) is 42.5 Å². The van der Waals surface area contributed by atoms with E-state index in [0.717, 1.165) is 23.5 Å². The summed E-state index contributed by atoms with van der Waals surface area (Å²) in [5, 5.41) is 0. The molecule has 6 nitrogen and oxygen atoms in total. The number of rotatable bonds is 11. The molecule has 170 valence electrons. The fourth-order valence-corrected chi connectivity index (χ4v) is 3.28. The molecule has 0 aliphatic carbocycles. The van der Waals surface area contributed by atoms with Gasteiger partial charge in [-0.05, 0) is 44.5 Å². The first-order valence-electron chi connectivity index (χ1n) is 10.7. The van der Waals surface area contributed by atoms with Crippen LogP contribution >= 0.6 is 0 Å². The molecule has 0 radical (unpaired) electrons. The van der Waals surface area contributed by atoms with Crippen molar-refractivity contribution in [3.8, 4) is 5.75 Å². The first-order valence-corrected chi connectivity index (χ1v) is 10.7. The molecule has 0 atom stereocenters. The molecule has 0 N–H and O–H groups in total. The largest absolute Gasteiger partial charge is 0.489 e. The number of amides is 2. The lowest BCUT2D eigenvalue weighted by molar-refractivity contribution is 0.205. The Morgan fingerprint density at radius 3 is 2.23 bits per heavy atom. The van der Waals surface area contributed by atoms with Crippen molar-refractivity contribution in [3.63, 3.8) is 0 Å². The van der Waals surface area contributed by atoms with Crippen LogP contribution in [0.3, 0.4) is 0 Å². The maximum atomic E-state index is 14.1. The smallest absolute Gasteiger partial charge is 0.324 e. The summed E-state index contributed by atoms with van der Waals surface area (Å²) in [5.41, 5.74) is 2.51. The van der Waals surface area contributed by atoms with Crippen LogP contribution in [0.4, 0.5) is 20.6 Å². The van der Waals surface area contributed by atoms with Crippen molar-refractivity contribution in [3.05, 3.63) is 53.8 Å². The van der Waals surface area contributed by atoms with Gasteiger partial charge in [0.2, 0.25) is 0 Å². The summed E-state index contributed by atoms with van der Waals surface area (Å²) in [6, 6.07) is 12.3. The topological polar surface area (TPSA) is 45.2 Å². The van der Waals surface area contributed by atoms with Crippen molar-refractivity contribution < 1.29 is 18.7 Å². The summed E-state index contributed by atoms with van der Waals surface area (Å²) in [6.07, 6.45) is 0. The highest BCUT2D eigenvalue weighted by molar-refractivity contribution is 5.91. The lowest BCUT2D eigenvalue weighted by Crippen LogP contribution is -2.41. The van der Waals surface area contributed by atoms with Gasteiger partial charge >= 0.3 is 6.03 Å². The first kappa shape index (κ1) is 24.5. The van der Waals surface area contributed by atoms with Crippen molar-refractivity contribution >= 4 is 17.4 Å². The minimum Gasteiger partial charge on any atom is -0.489 e. The second kappa shape index (κ2) is 12.2. The zero-order valence-corrected chi connectivity index (χ0v) is 19.2. The fourth-order valence-electron chi connectivity index (χ4n) is 3.28. The quantitative estimate of drug-likeness (QED) is 0.514. The number of carbonyl (C=O) groups excluding carboxylic acids is 1. The fraction of sp³-hybridized carbons (Fsp3) is 0.458. The Balaban J connectivity index is 2.04. The number of hydrogen-bond donors (Lipinski definition) is 0. The highest BCUT2D eigenvalue weighted by Crippen LogP contribution is 2.25. The highest BCUT2D eigenvalue weighted by atomic mass is 19.1. The summed E-state index contributed by atoms with van der Waals surface area (Å²) in [7, 11) is 3.42. The van der Waals surface area contributed by atoms with Crippen LogP contribution in [0.25, 0.3) is 0 Å². The van der Waals surface area contributed by atoms with E-state index in [9.17, 15) is 9.18 Å². The monoisotopic (exact) mass is 431 g/mol. The molecule has 0 fully saturated rings. The Morgan fingerprint density at radius 2 is 1.65 bits per heavy atom. The van der Waals surface area contributed by atoms with Crippen molar-refractivity contribution in [1.82, 2.24) is 4.90 Å². The Morgan fingerprint density at radius 1 is 0.968 bits per heavy atom. The predicted molar refractivity (Wildman–Crippen MR) is 124 cm³/mol. The highest BCUT2D eigenvalue weighted by Gasteiger charge is 2.16. The molecule has 0 aliphatic rings. The minimum atomic E-state index is -0.338. The van der Waals surface area contributed by atoms with E-state index in [1.165, 1.54) is 12.1 Å². The third-order valence-electron chi connectivity index (χ3n) is 5.22. The Labute approximate surface area is 185 Å². The van der Waals surface area contributed by atoms with E-state index in [4.69, 9.17) is 9.47 Å². The molecule has 0 unspecified atom stereocenters. The van der Waals surface area contributed by atoms with Gasteiger partial charge in [0.1, 0.15) is 18.2 Å². The summed E-state index contributed by atoms with van der Waals surface area (Å²) in [4.78, 5) is 17.9. The molecule has 2 amide bonds. The lowest BCUT2D eigenvalue weighted by atomic mass is 10.2. The van der Waals surface area contributed by atoms with Gasteiger partial charge in [-0.1, -0.05) is 12.1 Å². The number of benzene rings is 2. The zero-order chi connectivity index (χ0) is 22.8. The van der Waals surface area contributed by atoms with Gasteiger partial charge in [-0.2, -0.15) is 0 Å². The van der Waals surface area contributed by atoms with Gasteiger partial charge in [0.15, 0.2) is 0 Å². The number of urea groups is 1. The molecule has 0 heterocycles. The molecular weight excluding hydrogens is 397 g/mol. The summed E-state index contributed by atoms with van der Waals surface area (Å²) >= 11 is 0. The van der Waals surface area contributed by atoms with Gasteiger partial charge in [-0.25, -0.2) is 9.18 Å². The summed E-state index contributed by atoms with van der Waals surface area (Å²) in [5.74, 6) is 0.138. The molecule has 2 rings (SSSR count). The zero-order valence-electron chi connectivity index (χ0n) is 19.2. The first-order chi connectivity index (χ1) is 14.9. The van der Waals surface area contributed by atoms with Crippen LogP contribution in [-0.4, -0.2) is 57.9 Å². The van der Waals surface area contributed by atoms with Crippen molar-refractivity contribution in [1.29, 1.82) is 0 Å². The maximum absolute atomic E-state index is 14.1. The Kier molecular flexibility index (Phi) is 9.59. The number of hydrogen-bond acceptors (Lipinski definition) is 4. The number of carbonyl (C=O) groups is 1. The lowest BCUT2D eigenvalue weighted by Gasteiger charge is -2.26. The van der Waals surface area contributed by atoms with Crippen molar-refractivity contribution in [2.24, 2.45) is 0 Å². The van der Waals surface area contributed by atoms with Crippen molar-refractivity contribution in [2.45, 2.75) is 27.4 Å². The van der Waals surface area contributed by atoms with Gasteiger partial charge in [0.05, 0.1) is 6.61 Å². The molecule has 0 saturated carbocycles. The molecule has 31 heavy (non-hydrogen) atoms. The average Bonchev–Trinajstić information content (AvgIpc) is 2.78. The average molecular weight is 432 g/mol. The molecule has 0 bridgehead atoms. The SMILES string of the molecule is CCN(CC)C(=O)N(C)c1ccc(COc2cc(F)cc(N(CC)CCOC)c2)cc1. The van der Waals surface area contributed by atoms with E-state index < -0.39 is 0 Å². The summed E-state index contributed by atoms with van der Waals surface area (Å²) < 4.78 is 25.1. The molecule has 2 aromatic carbocycles. The number of methoxy groups -OCH3 is 1. The molecular formula is C24H34FN3O3.